The van der Waals surface area contributed by atoms with Crippen LogP contribution in [0, 0.1) is 5.92 Å². The van der Waals surface area contributed by atoms with Crippen LogP contribution in [0.2, 0.25) is 0 Å². The van der Waals surface area contributed by atoms with Gasteiger partial charge in [-0.1, -0.05) is 6.92 Å². The van der Waals surface area contributed by atoms with E-state index in [1.165, 1.54) is 6.26 Å². The van der Waals surface area contributed by atoms with Crippen LogP contribution in [0.25, 0.3) is 0 Å². The van der Waals surface area contributed by atoms with Crippen molar-refractivity contribution >= 4 is 10.0 Å². The quantitative estimate of drug-likeness (QED) is 0.889. The minimum absolute atomic E-state index is 0.309. The molecule has 1 aliphatic heterocycles. The molecular formula is C12H20N2O3S. The van der Waals surface area contributed by atoms with E-state index < -0.39 is 10.0 Å². The maximum atomic E-state index is 11.5. The van der Waals surface area contributed by atoms with Gasteiger partial charge >= 0.3 is 0 Å². The van der Waals surface area contributed by atoms with Crippen molar-refractivity contribution in [2.75, 3.05) is 19.3 Å². The largest absolute Gasteiger partial charge is 0.468 e. The minimum atomic E-state index is -3.05. The molecule has 1 aromatic heterocycles. The zero-order valence-electron chi connectivity index (χ0n) is 10.8. The number of hydrogen-bond donors (Lipinski definition) is 1. The Morgan fingerprint density at radius 2 is 2.33 bits per heavy atom. The molecule has 0 amide bonds. The fourth-order valence-electron chi connectivity index (χ4n) is 2.36. The van der Waals surface area contributed by atoms with Crippen LogP contribution in [0.3, 0.4) is 0 Å². The highest BCUT2D eigenvalue weighted by atomic mass is 32.2. The first-order valence-corrected chi connectivity index (χ1v) is 8.02. The number of rotatable bonds is 4. The highest BCUT2D eigenvalue weighted by Gasteiger charge is 2.30. The Labute approximate surface area is 108 Å². The first-order valence-electron chi connectivity index (χ1n) is 6.17. The number of nitrogens with one attached hydrogen (secondary N) is 1. The highest BCUT2D eigenvalue weighted by molar-refractivity contribution is 7.88. The summed E-state index contributed by atoms with van der Waals surface area (Å²) in [5, 5.41) is 3.43. The summed E-state index contributed by atoms with van der Waals surface area (Å²) in [6.45, 7) is 3.96. The van der Waals surface area contributed by atoms with Crippen LogP contribution in [-0.2, 0) is 16.6 Å². The first kappa shape index (κ1) is 13.6. The number of furan rings is 1. The third-order valence-electron chi connectivity index (χ3n) is 3.46. The van der Waals surface area contributed by atoms with E-state index in [0.717, 1.165) is 12.2 Å². The number of sulfonamides is 1. The molecule has 0 bridgehead atoms. The van der Waals surface area contributed by atoms with Crippen LogP contribution in [0.5, 0.6) is 0 Å². The van der Waals surface area contributed by atoms with Gasteiger partial charge in [-0.05, 0) is 24.5 Å². The fraction of sp³-hybridized carbons (Fsp3) is 0.667. The van der Waals surface area contributed by atoms with E-state index in [0.29, 0.717) is 31.6 Å². The molecule has 1 aromatic rings. The lowest BCUT2D eigenvalue weighted by Crippen LogP contribution is -2.49. The van der Waals surface area contributed by atoms with Crippen molar-refractivity contribution < 1.29 is 12.8 Å². The summed E-state index contributed by atoms with van der Waals surface area (Å²) >= 11 is 0. The van der Waals surface area contributed by atoms with Gasteiger partial charge in [0.2, 0.25) is 10.0 Å². The van der Waals surface area contributed by atoms with Gasteiger partial charge in [0.25, 0.3) is 0 Å². The van der Waals surface area contributed by atoms with E-state index in [4.69, 9.17) is 4.42 Å². The van der Waals surface area contributed by atoms with Crippen molar-refractivity contribution in [2.45, 2.75) is 25.9 Å². The molecule has 1 aliphatic rings. The summed E-state index contributed by atoms with van der Waals surface area (Å²) in [5.41, 5.74) is 0. The van der Waals surface area contributed by atoms with Gasteiger partial charge in [-0.15, -0.1) is 0 Å². The lowest BCUT2D eigenvalue weighted by molar-refractivity contribution is 0.217. The number of hydrogen-bond acceptors (Lipinski definition) is 4. The molecule has 6 heteroatoms. The SMILES string of the molecule is C[C@H]1CN(S(C)(=O)=O)CC[C@H]1NCc1ccco1. The molecule has 0 spiro atoms. The zero-order chi connectivity index (χ0) is 13.2. The van der Waals surface area contributed by atoms with Gasteiger partial charge in [0, 0.05) is 19.1 Å². The van der Waals surface area contributed by atoms with Gasteiger partial charge in [-0.2, -0.15) is 0 Å². The van der Waals surface area contributed by atoms with Crippen molar-refractivity contribution in [3.8, 4) is 0 Å². The molecule has 18 heavy (non-hydrogen) atoms. The summed E-state index contributed by atoms with van der Waals surface area (Å²) in [4.78, 5) is 0. The summed E-state index contributed by atoms with van der Waals surface area (Å²) < 4.78 is 29.8. The Morgan fingerprint density at radius 3 is 2.89 bits per heavy atom. The second kappa shape index (κ2) is 5.42. The predicted molar refractivity (Wildman–Crippen MR) is 69.5 cm³/mol. The van der Waals surface area contributed by atoms with E-state index in [2.05, 4.69) is 12.2 Å². The molecule has 0 saturated carbocycles. The van der Waals surface area contributed by atoms with Gasteiger partial charge in [0.1, 0.15) is 5.76 Å². The Morgan fingerprint density at radius 1 is 1.56 bits per heavy atom. The van der Waals surface area contributed by atoms with Gasteiger partial charge < -0.3 is 9.73 Å². The number of piperidine rings is 1. The van der Waals surface area contributed by atoms with Crippen molar-refractivity contribution in [3.63, 3.8) is 0 Å². The molecule has 0 unspecified atom stereocenters. The van der Waals surface area contributed by atoms with Gasteiger partial charge in [0.05, 0.1) is 19.1 Å². The van der Waals surface area contributed by atoms with Crippen LogP contribution in [0.4, 0.5) is 0 Å². The van der Waals surface area contributed by atoms with Gasteiger partial charge in [0.15, 0.2) is 0 Å². The normalized spacial score (nSPS) is 26.3. The topological polar surface area (TPSA) is 62.6 Å². The molecule has 0 aromatic carbocycles. The third-order valence-corrected chi connectivity index (χ3v) is 4.73. The maximum absolute atomic E-state index is 11.5. The van der Waals surface area contributed by atoms with E-state index in [-0.39, 0.29) is 0 Å². The Hall–Kier alpha value is -0.850. The van der Waals surface area contributed by atoms with Crippen molar-refractivity contribution in [3.05, 3.63) is 24.2 Å². The second-order valence-electron chi connectivity index (χ2n) is 4.95. The van der Waals surface area contributed by atoms with Crippen LogP contribution >= 0.6 is 0 Å². The van der Waals surface area contributed by atoms with Crippen molar-refractivity contribution in [1.82, 2.24) is 9.62 Å². The van der Waals surface area contributed by atoms with Crippen LogP contribution in [0.15, 0.2) is 22.8 Å². The second-order valence-corrected chi connectivity index (χ2v) is 6.94. The summed E-state index contributed by atoms with van der Waals surface area (Å²) in [5.74, 6) is 1.22. The monoisotopic (exact) mass is 272 g/mol. The average Bonchev–Trinajstić information content (AvgIpc) is 2.79. The first-order chi connectivity index (χ1) is 8.47. The summed E-state index contributed by atoms with van der Waals surface area (Å²) in [6, 6.07) is 4.14. The van der Waals surface area contributed by atoms with Crippen LogP contribution < -0.4 is 5.32 Å². The van der Waals surface area contributed by atoms with E-state index in [1.807, 2.05) is 12.1 Å². The third kappa shape index (κ3) is 3.34. The molecule has 1 N–H and O–H groups in total. The molecule has 5 nitrogen and oxygen atoms in total. The molecule has 2 rings (SSSR count). The average molecular weight is 272 g/mol. The highest BCUT2D eigenvalue weighted by Crippen LogP contribution is 2.19. The van der Waals surface area contributed by atoms with Gasteiger partial charge in [-0.3, -0.25) is 0 Å². The van der Waals surface area contributed by atoms with E-state index >= 15 is 0 Å². The molecule has 102 valence electrons. The molecular weight excluding hydrogens is 252 g/mol. The molecule has 1 saturated heterocycles. The van der Waals surface area contributed by atoms with Crippen LogP contribution in [-0.4, -0.2) is 38.1 Å². The smallest absolute Gasteiger partial charge is 0.211 e. The minimum Gasteiger partial charge on any atom is -0.468 e. The fourth-order valence-corrected chi connectivity index (χ4v) is 3.30. The number of nitrogens with zero attached hydrogens (tertiary/aromatic N) is 1. The zero-order valence-corrected chi connectivity index (χ0v) is 11.6. The molecule has 2 heterocycles. The maximum Gasteiger partial charge on any atom is 0.211 e. The standard InChI is InChI=1S/C12H20N2O3S/c1-10-9-14(18(2,15)16)6-5-12(10)13-8-11-4-3-7-17-11/h3-4,7,10,12-13H,5-6,8-9H2,1-2H3/t10-,12+/m0/s1. The lowest BCUT2D eigenvalue weighted by Gasteiger charge is -2.35. The van der Waals surface area contributed by atoms with Gasteiger partial charge in [-0.25, -0.2) is 12.7 Å². The molecule has 1 fully saturated rings. The lowest BCUT2D eigenvalue weighted by atomic mass is 9.95. The summed E-state index contributed by atoms with van der Waals surface area (Å²) in [7, 11) is -3.05. The molecule has 0 aliphatic carbocycles. The van der Waals surface area contributed by atoms with Crippen molar-refractivity contribution in [2.24, 2.45) is 5.92 Å². The Balaban J connectivity index is 1.86. The Bertz CT molecular complexity index is 470. The Kier molecular flexibility index (Phi) is 4.09. The van der Waals surface area contributed by atoms with Crippen LogP contribution in [0.1, 0.15) is 19.1 Å². The van der Waals surface area contributed by atoms with Crippen molar-refractivity contribution in [1.29, 1.82) is 0 Å². The molecule has 2 atom stereocenters. The summed E-state index contributed by atoms with van der Waals surface area (Å²) in [6.07, 6.45) is 3.78. The van der Waals surface area contributed by atoms with E-state index in [1.54, 1.807) is 10.6 Å². The molecule has 0 radical (unpaired) electrons. The van der Waals surface area contributed by atoms with E-state index in [9.17, 15) is 8.42 Å². The predicted octanol–water partition coefficient (Wildman–Crippen LogP) is 1.04.